The van der Waals surface area contributed by atoms with E-state index in [4.69, 9.17) is 9.47 Å². The van der Waals surface area contributed by atoms with E-state index in [0.717, 1.165) is 30.7 Å². The van der Waals surface area contributed by atoms with Gasteiger partial charge in [-0.3, -0.25) is 14.5 Å². The van der Waals surface area contributed by atoms with Crippen molar-refractivity contribution < 1.29 is 19.1 Å². The molecule has 1 saturated heterocycles. The number of para-hydroxylation sites is 1. The fourth-order valence-corrected chi connectivity index (χ4v) is 4.25. The van der Waals surface area contributed by atoms with Crippen LogP contribution < -0.4 is 9.64 Å². The molecule has 4 rings (SSSR count). The van der Waals surface area contributed by atoms with Crippen molar-refractivity contribution in [2.24, 2.45) is 0 Å². The Balaban J connectivity index is 1.74. The molecule has 0 aromatic heterocycles. The van der Waals surface area contributed by atoms with Crippen molar-refractivity contribution in [2.45, 2.75) is 39.2 Å². The van der Waals surface area contributed by atoms with Crippen LogP contribution in [0.4, 0.5) is 5.69 Å². The zero-order valence-electron chi connectivity index (χ0n) is 18.8. The summed E-state index contributed by atoms with van der Waals surface area (Å²) in [5, 5.41) is 0. The van der Waals surface area contributed by atoms with E-state index < -0.39 is 0 Å². The molecule has 0 aliphatic carbocycles. The molecule has 0 spiro atoms. The van der Waals surface area contributed by atoms with Crippen molar-refractivity contribution in [1.82, 2.24) is 4.90 Å². The molecule has 2 aliphatic rings. The maximum atomic E-state index is 13.6. The van der Waals surface area contributed by atoms with Crippen LogP contribution in [0.15, 0.2) is 60.3 Å². The number of carbonyl (C=O) groups excluding carboxylic acids is 2. The molecule has 32 heavy (non-hydrogen) atoms. The fourth-order valence-electron chi connectivity index (χ4n) is 4.25. The fraction of sp³-hybridized carbons (Fsp3) is 0.385. The summed E-state index contributed by atoms with van der Waals surface area (Å²) in [4.78, 5) is 30.4. The van der Waals surface area contributed by atoms with Gasteiger partial charge in [-0.25, -0.2) is 0 Å². The zero-order valence-corrected chi connectivity index (χ0v) is 18.8. The highest BCUT2D eigenvalue weighted by atomic mass is 16.5. The molecular formula is C26H30N2O4. The van der Waals surface area contributed by atoms with E-state index in [-0.39, 0.29) is 24.5 Å². The second-order valence-electron chi connectivity index (χ2n) is 8.03. The predicted octanol–water partition coefficient (Wildman–Crippen LogP) is 4.26. The average molecular weight is 435 g/mol. The van der Waals surface area contributed by atoms with Crippen molar-refractivity contribution in [1.29, 1.82) is 0 Å². The number of carbonyl (C=O) groups is 2. The Morgan fingerprint density at radius 1 is 1.03 bits per heavy atom. The van der Waals surface area contributed by atoms with Crippen molar-refractivity contribution >= 4 is 23.1 Å². The summed E-state index contributed by atoms with van der Waals surface area (Å²) < 4.78 is 11.4. The first-order valence-electron chi connectivity index (χ1n) is 11.4. The minimum absolute atomic E-state index is 0.0971. The van der Waals surface area contributed by atoms with Gasteiger partial charge >= 0.3 is 0 Å². The first-order valence-corrected chi connectivity index (χ1v) is 11.4. The maximum Gasteiger partial charge on any atom is 0.278 e. The molecule has 2 heterocycles. The summed E-state index contributed by atoms with van der Waals surface area (Å²) >= 11 is 0. The molecule has 2 aromatic carbocycles. The van der Waals surface area contributed by atoms with Crippen LogP contribution in [0, 0.1) is 0 Å². The number of hydrogen-bond acceptors (Lipinski definition) is 5. The number of nitrogens with zero attached hydrogens (tertiary/aromatic N) is 2. The van der Waals surface area contributed by atoms with Crippen molar-refractivity contribution in [3.63, 3.8) is 0 Å². The quantitative estimate of drug-likeness (QED) is 0.552. The molecule has 1 unspecified atom stereocenters. The van der Waals surface area contributed by atoms with E-state index in [0.29, 0.717) is 36.6 Å². The third-order valence-electron chi connectivity index (χ3n) is 5.82. The van der Waals surface area contributed by atoms with Crippen molar-refractivity contribution in [3.05, 3.63) is 65.9 Å². The molecule has 0 bridgehead atoms. The van der Waals surface area contributed by atoms with E-state index in [1.807, 2.05) is 66.4 Å². The van der Waals surface area contributed by atoms with Gasteiger partial charge in [-0.2, -0.15) is 0 Å². The number of anilines is 1. The lowest BCUT2D eigenvalue weighted by molar-refractivity contribution is -0.138. The number of rotatable bonds is 9. The Kier molecular flexibility index (Phi) is 6.90. The first kappa shape index (κ1) is 22.1. The Morgan fingerprint density at radius 2 is 1.78 bits per heavy atom. The number of ether oxygens (including phenoxy) is 2. The first-order chi connectivity index (χ1) is 15.6. The molecule has 0 radical (unpaired) electrons. The minimum atomic E-state index is -0.267. The molecule has 6 heteroatoms. The van der Waals surface area contributed by atoms with Crippen LogP contribution in [0.2, 0.25) is 0 Å². The highest BCUT2D eigenvalue weighted by Gasteiger charge is 2.42. The zero-order chi connectivity index (χ0) is 22.5. The molecule has 1 atom stereocenters. The predicted molar refractivity (Wildman–Crippen MR) is 124 cm³/mol. The van der Waals surface area contributed by atoms with Gasteiger partial charge in [-0.15, -0.1) is 0 Å². The van der Waals surface area contributed by atoms with Crippen LogP contribution in [0.5, 0.6) is 5.75 Å². The molecule has 2 aliphatic heterocycles. The minimum Gasteiger partial charge on any atom is -0.494 e. The van der Waals surface area contributed by atoms with Crippen LogP contribution in [-0.2, 0) is 14.3 Å². The van der Waals surface area contributed by atoms with Gasteiger partial charge in [0, 0.05) is 18.8 Å². The van der Waals surface area contributed by atoms with E-state index in [1.165, 1.54) is 4.90 Å². The smallest absolute Gasteiger partial charge is 0.278 e. The average Bonchev–Trinajstić information content (AvgIpc) is 3.42. The molecule has 0 N–H and O–H groups in total. The molecule has 2 amide bonds. The highest BCUT2D eigenvalue weighted by molar-refractivity contribution is 6.36. The normalized spacial score (nSPS) is 18.6. The van der Waals surface area contributed by atoms with Gasteiger partial charge in [0.15, 0.2) is 0 Å². The van der Waals surface area contributed by atoms with Crippen molar-refractivity contribution in [2.75, 3.05) is 31.2 Å². The van der Waals surface area contributed by atoms with Gasteiger partial charge < -0.3 is 14.4 Å². The SMILES string of the molecule is CCCOc1ccc(C2=C(N(CC)c3ccccc3)C(=O)N(CC3CCCO3)C2=O)cc1. The highest BCUT2D eigenvalue weighted by Crippen LogP contribution is 2.35. The molecule has 168 valence electrons. The Labute approximate surface area is 189 Å². The van der Waals surface area contributed by atoms with Crippen LogP contribution in [0.1, 0.15) is 38.7 Å². The van der Waals surface area contributed by atoms with Gasteiger partial charge in [0.05, 0.1) is 24.8 Å². The standard InChI is InChI=1S/C26H30N2O4/c1-3-16-31-21-14-12-19(13-15-21)23-24(27(4-2)20-9-6-5-7-10-20)26(30)28(25(23)29)18-22-11-8-17-32-22/h5-7,9-10,12-15,22H,3-4,8,11,16-18H2,1-2H3. The summed E-state index contributed by atoms with van der Waals surface area (Å²) in [6.07, 6.45) is 2.64. The number of hydrogen-bond donors (Lipinski definition) is 0. The molecular weight excluding hydrogens is 404 g/mol. The van der Waals surface area contributed by atoms with Crippen LogP contribution in [-0.4, -0.2) is 49.1 Å². The number of benzene rings is 2. The third kappa shape index (κ3) is 4.41. The number of amides is 2. The van der Waals surface area contributed by atoms with Crippen LogP contribution in [0.3, 0.4) is 0 Å². The lowest BCUT2D eigenvalue weighted by Crippen LogP contribution is -2.40. The summed E-state index contributed by atoms with van der Waals surface area (Å²) in [5.74, 6) is 0.218. The van der Waals surface area contributed by atoms with E-state index in [1.54, 1.807) is 0 Å². The second-order valence-corrected chi connectivity index (χ2v) is 8.03. The number of likely N-dealkylation sites (N-methyl/N-ethyl adjacent to an activating group) is 1. The third-order valence-corrected chi connectivity index (χ3v) is 5.82. The second kappa shape index (κ2) is 10.0. The van der Waals surface area contributed by atoms with Gasteiger partial charge in [0.1, 0.15) is 11.4 Å². The van der Waals surface area contributed by atoms with Crippen LogP contribution in [0.25, 0.3) is 5.57 Å². The van der Waals surface area contributed by atoms with E-state index in [2.05, 4.69) is 6.92 Å². The Bertz CT molecular complexity index is 979. The summed E-state index contributed by atoms with van der Waals surface area (Å²) in [6, 6.07) is 17.1. The van der Waals surface area contributed by atoms with E-state index in [9.17, 15) is 9.59 Å². The van der Waals surface area contributed by atoms with Crippen LogP contribution >= 0.6 is 0 Å². The Morgan fingerprint density at radius 3 is 2.41 bits per heavy atom. The van der Waals surface area contributed by atoms with E-state index >= 15 is 0 Å². The topological polar surface area (TPSA) is 59.1 Å². The van der Waals surface area contributed by atoms with Crippen molar-refractivity contribution in [3.8, 4) is 5.75 Å². The summed E-state index contributed by atoms with van der Waals surface area (Å²) in [5.41, 5.74) is 2.45. The van der Waals surface area contributed by atoms with Gasteiger partial charge in [0.25, 0.3) is 11.8 Å². The maximum absolute atomic E-state index is 13.6. The van der Waals surface area contributed by atoms with Gasteiger partial charge in [0.2, 0.25) is 0 Å². The van der Waals surface area contributed by atoms with Gasteiger partial charge in [-0.05, 0) is 56.0 Å². The molecule has 1 fully saturated rings. The largest absolute Gasteiger partial charge is 0.494 e. The Hall–Kier alpha value is -3.12. The lowest BCUT2D eigenvalue weighted by Gasteiger charge is -2.25. The summed E-state index contributed by atoms with van der Waals surface area (Å²) in [7, 11) is 0. The molecule has 2 aromatic rings. The number of imide groups is 1. The molecule has 6 nitrogen and oxygen atoms in total. The van der Waals surface area contributed by atoms with Gasteiger partial charge in [-0.1, -0.05) is 37.3 Å². The molecule has 0 saturated carbocycles. The summed E-state index contributed by atoms with van der Waals surface area (Å²) in [6.45, 7) is 6.21. The lowest BCUT2D eigenvalue weighted by atomic mass is 10.0. The monoisotopic (exact) mass is 434 g/mol.